The predicted octanol–water partition coefficient (Wildman–Crippen LogP) is 12.6. The van der Waals surface area contributed by atoms with Crippen molar-refractivity contribution in [1.29, 1.82) is 0 Å². The van der Waals surface area contributed by atoms with E-state index in [-0.39, 0.29) is 15.0 Å². The number of benzene rings is 4. The van der Waals surface area contributed by atoms with Crippen molar-refractivity contribution in [2.24, 2.45) is 11.3 Å². The second kappa shape index (κ2) is 13.1. The molecule has 0 spiro atoms. The molecule has 0 fully saturated rings. The van der Waals surface area contributed by atoms with Crippen LogP contribution in [-0.2, 0) is 33.6 Å². The number of aryl methyl sites for hydroxylation is 2. The van der Waals surface area contributed by atoms with Crippen molar-refractivity contribution in [2.75, 3.05) is 0 Å². The molecular weight excluding hydrogens is 710 g/mol. The van der Waals surface area contributed by atoms with E-state index in [1.807, 2.05) is 0 Å². The maximum atomic E-state index is 13.8. The van der Waals surface area contributed by atoms with Crippen LogP contribution in [0, 0.1) is 25.2 Å². The summed E-state index contributed by atoms with van der Waals surface area (Å²) >= 11 is -3.48. The molecule has 6 rings (SSSR count). The van der Waals surface area contributed by atoms with E-state index in [1.54, 1.807) is 0 Å². The molecule has 0 nitrogen and oxygen atoms in total. The second-order valence-corrected chi connectivity index (χ2v) is 20.5. The molecular formula is C42H40F6Zr. The van der Waals surface area contributed by atoms with E-state index in [1.165, 1.54) is 44.2 Å². The molecule has 0 bridgehead atoms. The Hall–Kier alpha value is -3.31. The Morgan fingerprint density at radius 3 is 1.49 bits per heavy atom. The van der Waals surface area contributed by atoms with Crippen molar-refractivity contribution in [3.05, 3.63) is 150 Å². The van der Waals surface area contributed by atoms with Gasteiger partial charge in [0.25, 0.3) is 0 Å². The van der Waals surface area contributed by atoms with Crippen LogP contribution in [0.4, 0.5) is 26.3 Å². The topological polar surface area (TPSA) is 0 Å². The third-order valence-electron chi connectivity index (χ3n) is 9.75. The maximum absolute atomic E-state index is 13.8. The molecule has 0 radical (unpaired) electrons. The van der Waals surface area contributed by atoms with E-state index >= 15 is 0 Å². The molecule has 2 aliphatic rings. The average Bonchev–Trinajstić information content (AvgIpc) is 3.58. The molecule has 254 valence electrons. The number of hydrogen-bond acceptors (Lipinski definition) is 0. The number of halogens is 6. The van der Waals surface area contributed by atoms with Crippen LogP contribution in [0.2, 0.25) is 0 Å². The third kappa shape index (κ3) is 7.02. The fraction of sp³-hybridized carbons (Fsp3) is 0.310. The zero-order valence-electron chi connectivity index (χ0n) is 28.6. The summed E-state index contributed by atoms with van der Waals surface area (Å²) in [4.78, 5) is 0. The van der Waals surface area contributed by atoms with E-state index in [0.29, 0.717) is 11.1 Å². The Balaban J connectivity index is 1.76. The zero-order valence-corrected chi connectivity index (χ0v) is 31.0. The fourth-order valence-corrected chi connectivity index (χ4v) is 16.9. The molecule has 1 atom stereocenters. The molecule has 4 aromatic rings. The van der Waals surface area contributed by atoms with Crippen LogP contribution in [0.15, 0.2) is 106 Å². The van der Waals surface area contributed by atoms with E-state index in [2.05, 4.69) is 90.1 Å². The molecule has 0 heterocycles. The molecule has 0 N–H and O–H groups in total. The second-order valence-electron chi connectivity index (χ2n) is 14.4. The molecule has 7 heteroatoms. The van der Waals surface area contributed by atoms with Crippen molar-refractivity contribution in [3.63, 3.8) is 0 Å². The third-order valence-corrected chi connectivity index (χ3v) is 18.2. The summed E-state index contributed by atoms with van der Waals surface area (Å²) < 4.78 is 85.2. The number of rotatable bonds is 6. The molecule has 0 saturated carbocycles. The molecule has 2 aliphatic carbocycles. The van der Waals surface area contributed by atoms with Gasteiger partial charge in [-0.1, -0.05) is 0 Å². The van der Waals surface area contributed by atoms with E-state index in [9.17, 15) is 26.3 Å². The Morgan fingerprint density at radius 1 is 0.653 bits per heavy atom. The van der Waals surface area contributed by atoms with Crippen LogP contribution in [0.25, 0.3) is 11.1 Å². The number of alkyl halides is 6. The fourth-order valence-electron chi connectivity index (χ4n) is 7.32. The summed E-state index contributed by atoms with van der Waals surface area (Å²) in [7, 11) is 0. The first-order valence-electron chi connectivity index (χ1n) is 16.7. The SMILES string of the molecule is CCCC1C=C(C(C)(C)C)C=[C]1[Zr](=[C](c1ccc(C(F)(F)F)cc1)c1ccc(C(F)(F)F)cc1)[CH]1c2cc(C)ccc2-c2ccc(C)cc21. The van der Waals surface area contributed by atoms with Crippen LogP contribution in [0.3, 0.4) is 0 Å². The molecule has 0 aromatic heterocycles. The predicted molar refractivity (Wildman–Crippen MR) is 183 cm³/mol. The molecule has 0 saturated heterocycles. The monoisotopic (exact) mass is 748 g/mol. The van der Waals surface area contributed by atoms with Gasteiger partial charge in [0.05, 0.1) is 0 Å². The van der Waals surface area contributed by atoms with E-state index in [4.69, 9.17) is 0 Å². The van der Waals surface area contributed by atoms with E-state index < -0.39 is 44.7 Å². The Kier molecular flexibility index (Phi) is 9.50. The van der Waals surface area contributed by atoms with Gasteiger partial charge in [-0.25, -0.2) is 0 Å². The quantitative estimate of drug-likeness (QED) is 0.172. The van der Waals surface area contributed by atoms with Gasteiger partial charge < -0.3 is 0 Å². The number of hydrogen-bond donors (Lipinski definition) is 0. The van der Waals surface area contributed by atoms with Gasteiger partial charge in [-0.05, 0) is 0 Å². The summed E-state index contributed by atoms with van der Waals surface area (Å²) in [5.74, 6) is 0.134. The average molecular weight is 750 g/mol. The van der Waals surface area contributed by atoms with Crippen LogP contribution in [-0.4, -0.2) is 3.21 Å². The molecule has 1 unspecified atom stereocenters. The summed E-state index contributed by atoms with van der Waals surface area (Å²) in [5, 5.41) is 0. The minimum atomic E-state index is -4.52. The van der Waals surface area contributed by atoms with Crippen LogP contribution < -0.4 is 0 Å². The van der Waals surface area contributed by atoms with Crippen LogP contribution in [0.1, 0.15) is 88.7 Å². The first kappa shape index (κ1) is 35.5. The van der Waals surface area contributed by atoms with Gasteiger partial charge in [-0.15, -0.1) is 0 Å². The first-order chi connectivity index (χ1) is 23.0. The van der Waals surface area contributed by atoms with Gasteiger partial charge in [0.1, 0.15) is 0 Å². The summed E-state index contributed by atoms with van der Waals surface area (Å²) in [6.45, 7) is 12.9. The van der Waals surface area contributed by atoms with Crippen molar-refractivity contribution >= 4 is 3.21 Å². The summed E-state index contributed by atoms with van der Waals surface area (Å²) in [6, 6.07) is 23.6. The normalized spacial score (nSPS) is 16.3. The van der Waals surface area contributed by atoms with Crippen molar-refractivity contribution in [2.45, 2.75) is 70.4 Å². The molecule has 49 heavy (non-hydrogen) atoms. The van der Waals surface area contributed by atoms with Gasteiger partial charge >= 0.3 is 294 Å². The Labute approximate surface area is 292 Å². The Morgan fingerprint density at radius 2 is 1.10 bits per heavy atom. The van der Waals surface area contributed by atoms with Crippen molar-refractivity contribution in [1.82, 2.24) is 0 Å². The van der Waals surface area contributed by atoms with Gasteiger partial charge in [-0.2, -0.15) is 0 Å². The number of allylic oxidation sites excluding steroid dienone is 4. The van der Waals surface area contributed by atoms with Gasteiger partial charge in [0, 0.05) is 0 Å². The van der Waals surface area contributed by atoms with Crippen LogP contribution >= 0.6 is 0 Å². The minimum absolute atomic E-state index is 0.0369. The van der Waals surface area contributed by atoms with Gasteiger partial charge in [0.2, 0.25) is 0 Å². The summed E-state index contributed by atoms with van der Waals surface area (Å²) in [6.07, 6.45) is -2.45. The Bertz CT molecular complexity index is 1870. The molecule has 0 amide bonds. The standard InChI is InChI=1S/C15H8F6.C15H13.C12H19.Zr/c16-14(17,18)12-5-1-10(2-6-12)9-11-3-7-13(8-4-11)15(19,20)21;1-10-3-5-14-12(7-10)9-13-8-11(2)4-6-15(13)14;1-5-6-10-7-8-11(9-10)12(2,3)4;/h1-8H;3-9H,1-2H3;8-10H,5-6H2,1-4H3;. The number of fused-ring (bicyclic) bond motifs is 3. The van der Waals surface area contributed by atoms with E-state index in [0.717, 1.165) is 62.6 Å². The first-order valence-corrected chi connectivity index (χ1v) is 20.6. The van der Waals surface area contributed by atoms with Gasteiger partial charge in [-0.3, -0.25) is 0 Å². The van der Waals surface area contributed by atoms with Gasteiger partial charge in [0.15, 0.2) is 0 Å². The zero-order chi connectivity index (χ0) is 35.5. The molecule has 4 aromatic carbocycles. The summed E-state index contributed by atoms with van der Waals surface area (Å²) in [5.41, 5.74) is 7.78. The van der Waals surface area contributed by atoms with Crippen molar-refractivity contribution < 1.29 is 47.6 Å². The molecule has 0 aliphatic heterocycles. The van der Waals surface area contributed by atoms with Crippen LogP contribution in [0.5, 0.6) is 0 Å². The van der Waals surface area contributed by atoms with Crippen molar-refractivity contribution in [3.8, 4) is 11.1 Å².